The van der Waals surface area contributed by atoms with Crippen molar-refractivity contribution in [3.05, 3.63) is 35.4 Å². The van der Waals surface area contributed by atoms with Crippen LogP contribution in [0.3, 0.4) is 0 Å². The van der Waals surface area contributed by atoms with Gasteiger partial charge in [-0.25, -0.2) is 0 Å². The Morgan fingerprint density at radius 3 is 2.33 bits per heavy atom. The maximum Gasteiger partial charge on any atom is 0.0575 e. The van der Waals surface area contributed by atoms with Gasteiger partial charge in [-0.3, -0.25) is 0 Å². The molecule has 2 unspecified atom stereocenters. The fourth-order valence-corrected chi connectivity index (χ4v) is 3.29. The molecule has 0 N–H and O–H groups in total. The van der Waals surface area contributed by atoms with Gasteiger partial charge in [-0.2, -0.15) is 0 Å². The number of aryl methyl sites for hydroxylation is 1. The molecule has 0 radical (unpaired) electrons. The molecule has 1 aromatic carbocycles. The van der Waals surface area contributed by atoms with E-state index in [9.17, 15) is 0 Å². The molecule has 1 aliphatic rings. The molecule has 0 bridgehead atoms. The summed E-state index contributed by atoms with van der Waals surface area (Å²) < 4.78 is 6.10. The first kappa shape index (κ1) is 16.5. The molecule has 0 aliphatic carbocycles. The molecule has 1 saturated heterocycles. The summed E-state index contributed by atoms with van der Waals surface area (Å²) in [5, 5.41) is 0. The van der Waals surface area contributed by atoms with Crippen LogP contribution in [0.5, 0.6) is 0 Å². The number of ether oxygens (including phenoxy) is 1. The smallest absolute Gasteiger partial charge is 0.0575 e. The third-order valence-corrected chi connectivity index (χ3v) is 4.80. The zero-order chi connectivity index (χ0) is 14.9. The number of unbranched alkanes of at least 4 members (excludes halogenated alkanes) is 5. The van der Waals surface area contributed by atoms with Crippen LogP contribution in [0, 0.1) is 6.92 Å². The van der Waals surface area contributed by atoms with E-state index in [1.165, 1.54) is 68.9 Å². The van der Waals surface area contributed by atoms with Crippen molar-refractivity contribution in [1.82, 2.24) is 0 Å². The van der Waals surface area contributed by atoms with Crippen molar-refractivity contribution in [2.75, 3.05) is 6.61 Å². The lowest BCUT2D eigenvalue weighted by Crippen LogP contribution is -2.24. The Labute approximate surface area is 131 Å². The highest BCUT2D eigenvalue weighted by atomic mass is 16.5. The van der Waals surface area contributed by atoms with Crippen molar-refractivity contribution in [1.29, 1.82) is 0 Å². The van der Waals surface area contributed by atoms with E-state index in [0.29, 0.717) is 12.0 Å². The molecule has 1 nitrogen and oxygen atoms in total. The highest BCUT2D eigenvalue weighted by molar-refractivity contribution is 5.24. The van der Waals surface area contributed by atoms with Crippen molar-refractivity contribution >= 4 is 0 Å². The Morgan fingerprint density at radius 1 is 0.952 bits per heavy atom. The Hall–Kier alpha value is -0.820. The summed E-state index contributed by atoms with van der Waals surface area (Å²) in [6.07, 6.45) is 12.6. The lowest BCUT2D eigenvalue weighted by Gasteiger charge is -2.29. The summed E-state index contributed by atoms with van der Waals surface area (Å²) in [5.74, 6) is 0.617. The van der Waals surface area contributed by atoms with Gasteiger partial charge in [-0.15, -0.1) is 0 Å². The number of hydrogen-bond acceptors (Lipinski definition) is 1. The summed E-state index contributed by atoms with van der Waals surface area (Å²) in [7, 11) is 0. The summed E-state index contributed by atoms with van der Waals surface area (Å²) in [5.41, 5.74) is 2.80. The lowest BCUT2D eigenvalue weighted by atomic mass is 9.89. The van der Waals surface area contributed by atoms with Gasteiger partial charge in [0, 0.05) is 5.92 Å². The van der Waals surface area contributed by atoms with Crippen molar-refractivity contribution in [2.24, 2.45) is 0 Å². The van der Waals surface area contributed by atoms with Gasteiger partial charge >= 0.3 is 0 Å². The summed E-state index contributed by atoms with van der Waals surface area (Å²) in [6.45, 7) is 5.35. The molecular weight excluding hydrogens is 256 g/mol. The van der Waals surface area contributed by atoms with Crippen LogP contribution in [0.2, 0.25) is 0 Å². The van der Waals surface area contributed by atoms with Gasteiger partial charge in [0.05, 0.1) is 12.7 Å². The van der Waals surface area contributed by atoms with E-state index < -0.39 is 0 Å². The second-order valence-corrected chi connectivity index (χ2v) is 6.70. The van der Waals surface area contributed by atoms with Crippen LogP contribution in [-0.4, -0.2) is 12.7 Å². The normalized spacial score (nSPS) is 22.4. The van der Waals surface area contributed by atoms with Crippen LogP contribution in [0.4, 0.5) is 0 Å². The molecule has 1 aliphatic heterocycles. The van der Waals surface area contributed by atoms with Crippen LogP contribution >= 0.6 is 0 Å². The van der Waals surface area contributed by atoms with Crippen LogP contribution in [0.15, 0.2) is 24.3 Å². The topological polar surface area (TPSA) is 9.23 Å². The Bertz CT molecular complexity index is 373. The molecule has 0 aromatic heterocycles. The molecule has 1 heteroatoms. The monoisotopic (exact) mass is 288 g/mol. The third kappa shape index (κ3) is 5.82. The lowest BCUT2D eigenvalue weighted by molar-refractivity contribution is -0.00214. The van der Waals surface area contributed by atoms with E-state index in [1.807, 2.05) is 0 Å². The van der Waals surface area contributed by atoms with Gasteiger partial charge in [0.25, 0.3) is 0 Å². The molecule has 0 saturated carbocycles. The number of hydrogen-bond donors (Lipinski definition) is 0. The van der Waals surface area contributed by atoms with E-state index in [2.05, 4.69) is 38.1 Å². The van der Waals surface area contributed by atoms with E-state index in [4.69, 9.17) is 4.74 Å². The fraction of sp³-hybridized carbons (Fsp3) is 0.700. The largest absolute Gasteiger partial charge is 0.378 e. The molecule has 1 heterocycles. The van der Waals surface area contributed by atoms with Crippen LogP contribution in [0.1, 0.15) is 81.8 Å². The minimum atomic E-state index is 0.526. The molecule has 1 fully saturated rings. The first-order valence-corrected chi connectivity index (χ1v) is 8.97. The van der Waals surface area contributed by atoms with Gasteiger partial charge in [0.1, 0.15) is 0 Å². The van der Waals surface area contributed by atoms with Crippen LogP contribution in [0.25, 0.3) is 0 Å². The molecule has 0 spiro atoms. The minimum Gasteiger partial charge on any atom is -0.378 e. The zero-order valence-corrected chi connectivity index (χ0v) is 13.9. The Kier molecular flexibility index (Phi) is 7.29. The third-order valence-electron chi connectivity index (χ3n) is 4.80. The molecule has 21 heavy (non-hydrogen) atoms. The minimum absolute atomic E-state index is 0.526. The maximum absolute atomic E-state index is 6.10. The second-order valence-electron chi connectivity index (χ2n) is 6.70. The van der Waals surface area contributed by atoms with Gasteiger partial charge < -0.3 is 4.74 Å². The average molecular weight is 288 g/mol. The van der Waals surface area contributed by atoms with Gasteiger partial charge in [0.15, 0.2) is 0 Å². The molecule has 118 valence electrons. The Balaban J connectivity index is 1.61. The van der Waals surface area contributed by atoms with Crippen molar-refractivity contribution in [3.8, 4) is 0 Å². The SMILES string of the molecule is CCCCCCCCC1CCC(c2ccc(C)cc2)CO1. The predicted molar refractivity (Wildman–Crippen MR) is 90.9 cm³/mol. The quantitative estimate of drug-likeness (QED) is 0.532. The highest BCUT2D eigenvalue weighted by Gasteiger charge is 2.22. The second kappa shape index (κ2) is 9.25. The molecule has 0 amide bonds. The van der Waals surface area contributed by atoms with E-state index >= 15 is 0 Å². The fourth-order valence-electron chi connectivity index (χ4n) is 3.29. The van der Waals surface area contributed by atoms with Gasteiger partial charge in [0.2, 0.25) is 0 Å². The number of rotatable bonds is 8. The molecule has 1 aromatic rings. The molecule has 2 rings (SSSR count). The van der Waals surface area contributed by atoms with Crippen LogP contribution in [-0.2, 0) is 4.74 Å². The number of benzene rings is 1. The summed E-state index contributed by atoms with van der Waals surface area (Å²) >= 11 is 0. The van der Waals surface area contributed by atoms with Gasteiger partial charge in [-0.05, 0) is 31.7 Å². The van der Waals surface area contributed by atoms with Crippen LogP contribution < -0.4 is 0 Å². The predicted octanol–water partition coefficient (Wildman–Crippen LogP) is 6.01. The average Bonchev–Trinajstić information content (AvgIpc) is 2.52. The van der Waals surface area contributed by atoms with Gasteiger partial charge in [-0.1, -0.05) is 75.3 Å². The van der Waals surface area contributed by atoms with Crippen molar-refractivity contribution < 1.29 is 4.74 Å². The standard InChI is InChI=1S/C20H32O/c1-3-4-5-6-7-8-9-20-15-14-19(16-21-20)18-12-10-17(2)11-13-18/h10-13,19-20H,3-9,14-16H2,1-2H3. The van der Waals surface area contributed by atoms with Crippen molar-refractivity contribution in [3.63, 3.8) is 0 Å². The first-order chi connectivity index (χ1) is 10.3. The highest BCUT2D eigenvalue weighted by Crippen LogP contribution is 2.30. The first-order valence-electron chi connectivity index (χ1n) is 8.97. The van der Waals surface area contributed by atoms with E-state index in [0.717, 1.165) is 6.61 Å². The summed E-state index contributed by atoms with van der Waals surface area (Å²) in [4.78, 5) is 0. The molecular formula is C20H32O. The molecule has 2 atom stereocenters. The maximum atomic E-state index is 6.10. The Morgan fingerprint density at radius 2 is 1.67 bits per heavy atom. The zero-order valence-electron chi connectivity index (χ0n) is 13.9. The van der Waals surface area contributed by atoms with E-state index in [1.54, 1.807) is 0 Å². The summed E-state index contributed by atoms with van der Waals surface area (Å²) in [6, 6.07) is 8.99. The van der Waals surface area contributed by atoms with E-state index in [-0.39, 0.29) is 0 Å². The van der Waals surface area contributed by atoms with Crippen molar-refractivity contribution in [2.45, 2.75) is 83.7 Å².